The van der Waals surface area contributed by atoms with Crippen LogP contribution >= 0.6 is 0 Å². The lowest BCUT2D eigenvalue weighted by atomic mass is 10.1. The summed E-state index contributed by atoms with van der Waals surface area (Å²) in [4.78, 5) is 0. The fraction of sp³-hybridized carbons (Fsp3) is 1.00. The molecule has 0 saturated carbocycles. The molecule has 0 bridgehead atoms. The molecule has 3 nitrogen and oxygen atoms in total. The average molecular weight is 189 g/mol. The quantitative estimate of drug-likeness (QED) is 0.586. The molecule has 0 heterocycles. The van der Waals surface area contributed by atoms with Crippen LogP contribution in [0.25, 0.3) is 0 Å². The molecule has 0 fully saturated rings. The Kier molecular flexibility index (Phi) is 7.23. The molecular weight excluding hydrogens is 166 g/mol. The van der Waals surface area contributed by atoms with E-state index in [0.29, 0.717) is 0 Å². The van der Waals surface area contributed by atoms with Gasteiger partial charge in [0, 0.05) is 20.3 Å². The number of methoxy groups -OCH3 is 1. The summed E-state index contributed by atoms with van der Waals surface area (Å²) in [7, 11) is 3.69. The fourth-order valence-electron chi connectivity index (χ4n) is 0.873. The topological polar surface area (TPSA) is 30.5 Å². The van der Waals surface area contributed by atoms with E-state index in [-0.39, 0.29) is 5.60 Å². The second kappa shape index (κ2) is 7.30. The molecule has 0 aromatic heterocycles. The maximum atomic E-state index is 5.45. The third-order valence-electron chi connectivity index (χ3n) is 2.12. The molecule has 0 spiro atoms. The van der Waals surface area contributed by atoms with Gasteiger partial charge in [-0.2, -0.15) is 0 Å². The van der Waals surface area contributed by atoms with E-state index in [0.717, 1.165) is 32.6 Å². The molecule has 80 valence electrons. The van der Waals surface area contributed by atoms with Gasteiger partial charge in [-0.05, 0) is 40.3 Å². The van der Waals surface area contributed by atoms with Crippen LogP contribution in [0.15, 0.2) is 0 Å². The Labute approximate surface area is 81.8 Å². The van der Waals surface area contributed by atoms with E-state index in [9.17, 15) is 0 Å². The van der Waals surface area contributed by atoms with Gasteiger partial charge in [-0.15, -0.1) is 0 Å². The Morgan fingerprint density at radius 3 is 2.46 bits per heavy atom. The first-order chi connectivity index (χ1) is 6.12. The Balaban J connectivity index is 3.16. The molecule has 13 heavy (non-hydrogen) atoms. The number of rotatable bonds is 8. The van der Waals surface area contributed by atoms with E-state index in [1.165, 1.54) is 0 Å². The highest BCUT2D eigenvalue weighted by molar-refractivity contribution is 4.66. The summed E-state index contributed by atoms with van der Waals surface area (Å²) in [5.74, 6) is 0. The van der Waals surface area contributed by atoms with E-state index in [1.807, 2.05) is 7.05 Å². The third kappa shape index (κ3) is 8.22. The zero-order valence-electron chi connectivity index (χ0n) is 9.35. The number of hydrogen-bond acceptors (Lipinski definition) is 3. The molecule has 0 atom stereocenters. The Bertz CT molecular complexity index is 115. The van der Waals surface area contributed by atoms with Crippen molar-refractivity contribution >= 4 is 0 Å². The van der Waals surface area contributed by atoms with Crippen LogP contribution < -0.4 is 5.32 Å². The normalized spacial score (nSPS) is 12.0. The van der Waals surface area contributed by atoms with Crippen LogP contribution in [0, 0.1) is 0 Å². The van der Waals surface area contributed by atoms with Crippen molar-refractivity contribution < 1.29 is 9.47 Å². The van der Waals surface area contributed by atoms with Crippen molar-refractivity contribution in [3.63, 3.8) is 0 Å². The van der Waals surface area contributed by atoms with Crippen molar-refractivity contribution in [3.05, 3.63) is 0 Å². The SMILES string of the molecule is CNCCCOCCC(C)(C)OC. The summed E-state index contributed by atoms with van der Waals surface area (Å²) in [6.07, 6.45) is 2.02. The molecular formula is C10H23NO2. The van der Waals surface area contributed by atoms with Gasteiger partial charge in [0.25, 0.3) is 0 Å². The minimum absolute atomic E-state index is 0.0526. The molecule has 0 radical (unpaired) electrons. The lowest BCUT2D eigenvalue weighted by Crippen LogP contribution is -2.24. The standard InChI is InChI=1S/C10H23NO2/c1-10(2,12-4)6-9-13-8-5-7-11-3/h11H,5-9H2,1-4H3. The van der Waals surface area contributed by atoms with Gasteiger partial charge in [0.1, 0.15) is 0 Å². The number of nitrogens with one attached hydrogen (secondary N) is 1. The van der Waals surface area contributed by atoms with Gasteiger partial charge in [-0.1, -0.05) is 0 Å². The minimum atomic E-state index is -0.0526. The minimum Gasteiger partial charge on any atom is -0.381 e. The first kappa shape index (κ1) is 12.9. The van der Waals surface area contributed by atoms with Crippen molar-refractivity contribution in [2.24, 2.45) is 0 Å². The van der Waals surface area contributed by atoms with Crippen LogP contribution in [0.4, 0.5) is 0 Å². The van der Waals surface area contributed by atoms with Crippen LogP contribution in [0.2, 0.25) is 0 Å². The van der Waals surface area contributed by atoms with Gasteiger partial charge in [-0.3, -0.25) is 0 Å². The maximum Gasteiger partial charge on any atom is 0.0644 e. The van der Waals surface area contributed by atoms with Gasteiger partial charge in [0.05, 0.1) is 5.60 Å². The highest BCUT2D eigenvalue weighted by Gasteiger charge is 2.15. The highest BCUT2D eigenvalue weighted by Crippen LogP contribution is 2.12. The molecule has 1 N–H and O–H groups in total. The lowest BCUT2D eigenvalue weighted by Gasteiger charge is -2.22. The summed E-state index contributed by atoms with van der Waals surface area (Å²) in [6, 6.07) is 0. The highest BCUT2D eigenvalue weighted by atomic mass is 16.5. The maximum absolute atomic E-state index is 5.45. The average Bonchev–Trinajstić information content (AvgIpc) is 2.11. The molecule has 3 heteroatoms. The molecule has 0 unspecified atom stereocenters. The van der Waals surface area contributed by atoms with E-state index in [4.69, 9.17) is 9.47 Å². The van der Waals surface area contributed by atoms with Gasteiger partial charge in [-0.25, -0.2) is 0 Å². The summed E-state index contributed by atoms with van der Waals surface area (Å²) >= 11 is 0. The number of ether oxygens (including phenoxy) is 2. The van der Waals surface area contributed by atoms with Crippen LogP contribution in [0.1, 0.15) is 26.7 Å². The van der Waals surface area contributed by atoms with Crippen LogP contribution in [-0.2, 0) is 9.47 Å². The van der Waals surface area contributed by atoms with E-state index in [1.54, 1.807) is 7.11 Å². The molecule has 0 amide bonds. The van der Waals surface area contributed by atoms with Crippen molar-refractivity contribution in [2.75, 3.05) is 33.9 Å². The first-order valence-electron chi connectivity index (χ1n) is 4.90. The van der Waals surface area contributed by atoms with Gasteiger partial charge in [0.15, 0.2) is 0 Å². The zero-order chi connectivity index (χ0) is 10.2. The predicted molar refractivity (Wildman–Crippen MR) is 55.1 cm³/mol. The van der Waals surface area contributed by atoms with E-state index < -0.39 is 0 Å². The molecule has 0 rings (SSSR count). The molecule has 0 aliphatic carbocycles. The summed E-state index contributed by atoms with van der Waals surface area (Å²) in [5.41, 5.74) is -0.0526. The van der Waals surface area contributed by atoms with Gasteiger partial charge < -0.3 is 14.8 Å². The summed E-state index contributed by atoms with van der Waals surface area (Å²) < 4.78 is 10.7. The van der Waals surface area contributed by atoms with Crippen molar-refractivity contribution in [1.29, 1.82) is 0 Å². The second-order valence-electron chi connectivity index (χ2n) is 3.78. The Morgan fingerprint density at radius 2 is 1.92 bits per heavy atom. The van der Waals surface area contributed by atoms with Gasteiger partial charge in [0.2, 0.25) is 0 Å². The lowest BCUT2D eigenvalue weighted by molar-refractivity contribution is -0.00991. The molecule has 0 aromatic rings. The van der Waals surface area contributed by atoms with Crippen molar-refractivity contribution in [1.82, 2.24) is 5.32 Å². The molecule has 0 aliphatic heterocycles. The largest absolute Gasteiger partial charge is 0.381 e. The van der Waals surface area contributed by atoms with Crippen LogP contribution in [0.5, 0.6) is 0 Å². The van der Waals surface area contributed by atoms with E-state index >= 15 is 0 Å². The molecule has 0 aliphatic rings. The third-order valence-corrected chi connectivity index (χ3v) is 2.12. The Morgan fingerprint density at radius 1 is 1.23 bits per heavy atom. The van der Waals surface area contributed by atoms with Crippen molar-refractivity contribution in [2.45, 2.75) is 32.3 Å². The summed E-state index contributed by atoms with van der Waals surface area (Å²) in [5, 5.41) is 3.08. The molecule has 0 saturated heterocycles. The van der Waals surface area contributed by atoms with Crippen LogP contribution in [-0.4, -0.2) is 39.5 Å². The monoisotopic (exact) mass is 189 g/mol. The zero-order valence-corrected chi connectivity index (χ0v) is 9.35. The van der Waals surface area contributed by atoms with Crippen molar-refractivity contribution in [3.8, 4) is 0 Å². The predicted octanol–water partition coefficient (Wildman–Crippen LogP) is 1.43. The Hall–Kier alpha value is -0.120. The molecule has 0 aromatic carbocycles. The smallest absolute Gasteiger partial charge is 0.0644 e. The van der Waals surface area contributed by atoms with E-state index in [2.05, 4.69) is 19.2 Å². The van der Waals surface area contributed by atoms with Gasteiger partial charge >= 0.3 is 0 Å². The van der Waals surface area contributed by atoms with Crippen LogP contribution in [0.3, 0.4) is 0 Å². The second-order valence-corrected chi connectivity index (χ2v) is 3.78. The summed E-state index contributed by atoms with van der Waals surface area (Å²) in [6.45, 7) is 6.78. The first-order valence-corrected chi connectivity index (χ1v) is 4.90. The number of hydrogen-bond donors (Lipinski definition) is 1. The fourth-order valence-corrected chi connectivity index (χ4v) is 0.873.